The molecule has 2 rings (SSSR count). The SMILES string of the molecule is CCCOC(=O)C(C)(C)O/N=C(/C(=O)N[C@@H]1C(=O)N(S(=O)(=O)OCC(C)(C)C(=O)OCC)[C@H]1C)c1csc(N)n1. The lowest BCUT2D eigenvalue weighted by atomic mass is 9.95. The zero-order chi connectivity index (χ0) is 30.5. The van der Waals surface area contributed by atoms with Gasteiger partial charge in [0.2, 0.25) is 5.60 Å². The average Bonchev–Trinajstić information content (AvgIpc) is 3.30. The summed E-state index contributed by atoms with van der Waals surface area (Å²) in [6, 6.07) is -2.32. The number of oxime groups is 1. The van der Waals surface area contributed by atoms with Gasteiger partial charge in [-0.1, -0.05) is 12.1 Å². The highest BCUT2D eigenvalue weighted by molar-refractivity contribution is 7.85. The second-order valence-corrected chi connectivity index (χ2v) is 12.3. The van der Waals surface area contributed by atoms with Gasteiger partial charge in [0.05, 0.1) is 31.3 Å². The van der Waals surface area contributed by atoms with Crippen LogP contribution in [0.25, 0.3) is 0 Å². The largest absolute Gasteiger partial charge is 0.466 e. The molecule has 1 aromatic heterocycles. The van der Waals surface area contributed by atoms with E-state index in [1.165, 1.54) is 40.0 Å². The van der Waals surface area contributed by atoms with Gasteiger partial charge in [-0.05, 0) is 48.0 Å². The van der Waals surface area contributed by atoms with Crippen molar-refractivity contribution in [2.45, 2.75) is 72.6 Å². The van der Waals surface area contributed by atoms with E-state index >= 15 is 0 Å². The molecule has 0 aliphatic carbocycles. The third-order valence-corrected chi connectivity index (χ3v) is 7.62. The Balaban J connectivity index is 2.17. The second kappa shape index (κ2) is 12.9. The number of nitrogens with zero attached hydrogens (tertiary/aromatic N) is 3. The average molecular weight is 606 g/mol. The van der Waals surface area contributed by atoms with Crippen LogP contribution in [0, 0.1) is 5.41 Å². The number of nitrogens with one attached hydrogen (secondary N) is 1. The first kappa shape index (κ1) is 32.9. The summed E-state index contributed by atoms with van der Waals surface area (Å²) in [5.74, 6) is -3.30. The minimum atomic E-state index is -4.60. The van der Waals surface area contributed by atoms with Gasteiger partial charge in [0.1, 0.15) is 11.7 Å². The molecule has 0 unspecified atom stereocenters. The monoisotopic (exact) mass is 605 g/mol. The van der Waals surface area contributed by atoms with Gasteiger partial charge in [-0.2, -0.15) is 8.42 Å². The van der Waals surface area contributed by atoms with E-state index in [1.54, 1.807) is 6.92 Å². The highest BCUT2D eigenvalue weighted by atomic mass is 32.2. The summed E-state index contributed by atoms with van der Waals surface area (Å²) in [5.41, 5.74) is 2.41. The Kier molecular flexibility index (Phi) is 10.6. The molecule has 0 radical (unpaired) electrons. The minimum absolute atomic E-state index is 0.00570. The first-order valence-electron chi connectivity index (χ1n) is 12.3. The first-order valence-corrected chi connectivity index (χ1v) is 14.6. The number of carbonyl (C=O) groups excluding carboxylic acids is 4. The normalized spacial score (nSPS) is 18.1. The van der Waals surface area contributed by atoms with Crippen molar-refractivity contribution in [3.63, 3.8) is 0 Å². The molecule has 3 N–H and O–H groups in total. The van der Waals surface area contributed by atoms with Crippen LogP contribution in [0.2, 0.25) is 0 Å². The van der Waals surface area contributed by atoms with Crippen LogP contribution >= 0.6 is 11.3 Å². The van der Waals surface area contributed by atoms with Crippen molar-refractivity contribution in [1.82, 2.24) is 14.6 Å². The van der Waals surface area contributed by atoms with Crippen LogP contribution < -0.4 is 11.1 Å². The number of anilines is 1. The number of nitrogens with two attached hydrogens (primary N) is 1. The summed E-state index contributed by atoms with van der Waals surface area (Å²) in [6.07, 6.45) is 0.589. The van der Waals surface area contributed by atoms with Gasteiger partial charge >= 0.3 is 22.2 Å². The first-order chi connectivity index (χ1) is 18.5. The fraction of sp³-hybridized carbons (Fsp3) is 0.652. The molecule has 1 aromatic rings. The number of thiazole rings is 1. The van der Waals surface area contributed by atoms with E-state index in [4.69, 9.17) is 24.2 Å². The van der Waals surface area contributed by atoms with E-state index in [0.717, 1.165) is 11.3 Å². The molecule has 0 spiro atoms. The van der Waals surface area contributed by atoms with Crippen LogP contribution in [0.4, 0.5) is 5.13 Å². The summed E-state index contributed by atoms with van der Waals surface area (Å²) in [6.45, 7) is 10.1. The lowest BCUT2D eigenvalue weighted by Gasteiger charge is -2.43. The molecule has 15 nitrogen and oxygen atoms in total. The Morgan fingerprint density at radius 2 is 1.82 bits per heavy atom. The summed E-state index contributed by atoms with van der Waals surface area (Å²) < 4.78 is 40.8. The van der Waals surface area contributed by atoms with Crippen LogP contribution in [-0.2, 0) is 48.0 Å². The Morgan fingerprint density at radius 3 is 2.35 bits per heavy atom. The number of ether oxygens (including phenoxy) is 2. The van der Waals surface area contributed by atoms with E-state index in [1.807, 2.05) is 6.92 Å². The molecule has 0 aromatic carbocycles. The van der Waals surface area contributed by atoms with Gasteiger partial charge in [-0.25, -0.2) is 14.1 Å². The van der Waals surface area contributed by atoms with Crippen LogP contribution in [0.5, 0.6) is 0 Å². The van der Waals surface area contributed by atoms with Crippen molar-refractivity contribution in [2.75, 3.05) is 25.6 Å². The molecule has 2 amide bonds. The molecule has 1 aliphatic heterocycles. The topological polar surface area (TPSA) is 206 Å². The highest BCUT2D eigenvalue weighted by Gasteiger charge is 2.53. The summed E-state index contributed by atoms with van der Waals surface area (Å²) >= 11 is 1.01. The van der Waals surface area contributed by atoms with Crippen molar-refractivity contribution in [3.8, 4) is 0 Å². The number of carbonyl (C=O) groups is 4. The predicted molar refractivity (Wildman–Crippen MR) is 143 cm³/mol. The third kappa shape index (κ3) is 7.66. The number of amides is 2. The standard InChI is InChI=1S/C23H35N5O10S2/c1-8-10-36-20(32)23(6,7)38-27-16(14-11-39-21(24)25-14)17(29)26-15-13(3)28(18(15)30)40(33,34)37-12-22(4,5)19(31)35-9-2/h11,13,15H,8-10,12H2,1-7H3,(H2,24,25)(H,26,29)/b27-16+/t13-,15-/m0/s1. The van der Waals surface area contributed by atoms with Crippen molar-refractivity contribution in [3.05, 3.63) is 11.1 Å². The highest BCUT2D eigenvalue weighted by Crippen LogP contribution is 2.27. The van der Waals surface area contributed by atoms with E-state index in [-0.39, 0.29) is 24.0 Å². The van der Waals surface area contributed by atoms with Gasteiger partial charge < -0.3 is 25.4 Å². The summed E-state index contributed by atoms with van der Waals surface area (Å²) in [4.78, 5) is 59.6. The number of aromatic nitrogens is 1. The molecule has 1 fully saturated rings. The number of rotatable bonds is 14. The van der Waals surface area contributed by atoms with Gasteiger partial charge in [0.25, 0.3) is 11.8 Å². The maximum atomic E-state index is 13.1. The van der Waals surface area contributed by atoms with Gasteiger partial charge in [-0.3, -0.25) is 18.6 Å². The summed E-state index contributed by atoms with van der Waals surface area (Å²) in [5, 5.41) is 7.75. The number of β-lactam (4-membered cyclic amide) rings is 1. The fourth-order valence-corrected chi connectivity index (χ4v) is 5.10. The molecular weight excluding hydrogens is 570 g/mol. The number of esters is 2. The van der Waals surface area contributed by atoms with E-state index in [2.05, 4.69) is 15.5 Å². The smallest absolute Gasteiger partial charge is 0.365 e. The molecule has 40 heavy (non-hydrogen) atoms. The molecule has 0 saturated carbocycles. The number of hydrogen-bond donors (Lipinski definition) is 2. The molecule has 17 heteroatoms. The Morgan fingerprint density at radius 1 is 1.18 bits per heavy atom. The van der Waals surface area contributed by atoms with Gasteiger partial charge in [0.15, 0.2) is 10.8 Å². The predicted octanol–water partition coefficient (Wildman–Crippen LogP) is 0.744. The zero-order valence-corrected chi connectivity index (χ0v) is 25.0. The lowest BCUT2D eigenvalue weighted by Crippen LogP contribution is -2.71. The number of hydrogen-bond acceptors (Lipinski definition) is 14. The maximum Gasteiger partial charge on any atom is 0.365 e. The minimum Gasteiger partial charge on any atom is -0.466 e. The van der Waals surface area contributed by atoms with Crippen LogP contribution in [0.3, 0.4) is 0 Å². The Hall–Kier alpha value is -3.31. The Labute approximate surface area is 236 Å². The van der Waals surface area contributed by atoms with E-state index in [9.17, 15) is 27.6 Å². The molecule has 224 valence electrons. The van der Waals surface area contributed by atoms with Gasteiger partial charge in [0, 0.05) is 5.38 Å². The van der Waals surface area contributed by atoms with Crippen LogP contribution in [0.15, 0.2) is 10.5 Å². The molecule has 2 heterocycles. The summed E-state index contributed by atoms with van der Waals surface area (Å²) in [7, 11) is -4.60. The lowest BCUT2D eigenvalue weighted by molar-refractivity contribution is -0.168. The van der Waals surface area contributed by atoms with Crippen molar-refractivity contribution >= 4 is 56.2 Å². The van der Waals surface area contributed by atoms with Crippen LogP contribution in [-0.4, -0.2) is 84.7 Å². The van der Waals surface area contributed by atoms with E-state index < -0.39 is 69.5 Å². The zero-order valence-electron chi connectivity index (χ0n) is 23.4. The van der Waals surface area contributed by atoms with Crippen molar-refractivity contribution < 1.29 is 46.1 Å². The van der Waals surface area contributed by atoms with Crippen LogP contribution in [0.1, 0.15) is 60.6 Å². The second-order valence-electron chi connectivity index (χ2n) is 9.90. The van der Waals surface area contributed by atoms with E-state index in [0.29, 0.717) is 10.7 Å². The molecular formula is C23H35N5O10S2. The third-order valence-electron chi connectivity index (χ3n) is 5.53. The molecule has 1 saturated heterocycles. The van der Waals surface area contributed by atoms with Crippen molar-refractivity contribution in [1.29, 1.82) is 0 Å². The molecule has 0 bridgehead atoms. The van der Waals surface area contributed by atoms with Gasteiger partial charge in [-0.15, -0.1) is 11.3 Å². The maximum absolute atomic E-state index is 13.1. The Bertz CT molecular complexity index is 1260. The fourth-order valence-electron chi connectivity index (χ4n) is 3.13. The van der Waals surface area contributed by atoms with Crippen molar-refractivity contribution in [2.24, 2.45) is 10.6 Å². The molecule has 2 atom stereocenters. The molecule has 1 aliphatic rings. The quantitative estimate of drug-likeness (QED) is 0.130. The number of nitrogen functional groups attached to an aromatic ring is 1.